The highest BCUT2D eigenvalue weighted by Gasteiger charge is 2.27. The van der Waals surface area contributed by atoms with Crippen molar-refractivity contribution < 1.29 is 9.53 Å². The summed E-state index contributed by atoms with van der Waals surface area (Å²) in [6, 6.07) is 15.2. The van der Waals surface area contributed by atoms with E-state index in [0.717, 1.165) is 68.3 Å². The summed E-state index contributed by atoms with van der Waals surface area (Å²) in [5.74, 6) is 1.04. The minimum atomic E-state index is 0.144. The maximum absolute atomic E-state index is 11.6. The predicted octanol–water partition coefficient (Wildman–Crippen LogP) is 4.98. The molecule has 2 N–H and O–H groups in total. The van der Waals surface area contributed by atoms with Gasteiger partial charge in [-0.25, -0.2) is 4.98 Å². The molecule has 0 aliphatic carbocycles. The Labute approximate surface area is 183 Å². The molecule has 1 aromatic heterocycles. The summed E-state index contributed by atoms with van der Waals surface area (Å²) in [6.45, 7) is 4.54. The lowest BCUT2D eigenvalue weighted by atomic mass is 9.88. The number of nitrogens with two attached hydrogens (primary N) is 1. The van der Waals surface area contributed by atoms with E-state index in [1.54, 1.807) is 0 Å². The third kappa shape index (κ3) is 3.68. The lowest BCUT2D eigenvalue weighted by Gasteiger charge is -2.25. The van der Waals surface area contributed by atoms with Crippen LogP contribution in [0, 0.1) is 6.92 Å². The Kier molecular flexibility index (Phi) is 5.36. The number of aryl methyl sites for hydroxylation is 1. The molecule has 1 unspecified atom stereocenters. The van der Waals surface area contributed by atoms with E-state index in [1.165, 1.54) is 22.3 Å². The molecule has 0 radical (unpaired) electrons. The lowest BCUT2D eigenvalue weighted by molar-refractivity contribution is -0.118. The highest BCUT2D eigenvalue weighted by molar-refractivity contribution is 5.88. The number of carbonyl (C=O) groups excluding carboxylic acids is 1. The SMILES string of the molecule is Cc1cccc(C2CCCN2C=O)c1-c1ccc2nc(N)c(C3CCOCC3)cc2c1. The Balaban J connectivity index is 1.61. The van der Waals surface area contributed by atoms with Gasteiger partial charge < -0.3 is 15.4 Å². The van der Waals surface area contributed by atoms with Crippen molar-refractivity contribution in [1.29, 1.82) is 0 Å². The fraction of sp³-hybridized carbons (Fsp3) is 0.385. The van der Waals surface area contributed by atoms with Crippen LogP contribution in [0.3, 0.4) is 0 Å². The van der Waals surface area contributed by atoms with Gasteiger partial charge in [-0.2, -0.15) is 0 Å². The van der Waals surface area contributed by atoms with E-state index in [9.17, 15) is 4.79 Å². The molecule has 2 aliphatic rings. The molecule has 0 spiro atoms. The fourth-order valence-corrected chi connectivity index (χ4v) is 5.31. The molecule has 3 heterocycles. The van der Waals surface area contributed by atoms with Gasteiger partial charge in [0.15, 0.2) is 0 Å². The number of fused-ring (bicyclic) bond motifs is 1. The molecule has 2 aromatic carbocycles. The van der Waals surface area contributed by atoms with Gasteiger partial charge in [0.05, 0.1) is 11.6 Å². The van der Waals surface area contributed by atoms with Crippen LogP contribution in [0.5, 0.6) is 0 Å². The number of pyridine rings is 1. The molecule has 31 heavy (non-hydrogen) atoms. The molecule has 5 nitrogen and oxygen atoms in total. The molecule has 2 fully saturated rings. The number of hydrogen-bond donors (Lipinski definition) is 1. The second kappa shape index (κ2) is 8.31. The largest absolute Gasteiger partial charge is 0.383 e. The topological polar surface area (TPSA) is 68.5 Å². The molecular formula is C26H29N3O2. The second-order valence-corrected chi connectivity index (χ2v) is 8.80. The van der Waals surface area contributed by atoms with Crippen LogP contribution >= 0.6 is 0 Å². The molecule has 5 rings (SSSR count). The van der Waals surface area contributed by atoms with Gasteiger partial charge in [-0.1, -0.05) is 24.3 Å². The van der Waals surface area contributed by atoms with Crippen LogP contribution in [0.15, 0.2) is 42.5 Å². The standard InChI is InChI=1S/C26H29N3O2/c1-17-4-2-5-21(24-6-3-11-29(24)16-30)25(17)19-7-8-23-20(14-19)15-22(26(27)28-23)18-9-12-31-13-10-18/h2,4-5,7-8,14-16,18,24H,3,6,9-13H2,1H3,(H2,27,28). The molecular weight excluding hydrogens is 386 g/mol. The number of benzene rings is 2. The van der Waals surface area contributed by atoms with Crippen LogP contribution in [-0.2, 0) is 9.53 Å². The molecule has 3 aromatic rings. The molecule has 0 bridgehead atoms. The number of amides is 1. The zero-order valence-electron chi connectivity index (χ0n) is 18.0. The Morgan fingerprint density at radius 3 is 2.74 bits per heavy atom. The van der Waals surface area contributed by atoms with Crippen molar-refractivity contribution in [3.63, 3.8) is 0 Å². The van der Waals surface area contributed by atoms with E-state index < -0.39 is 0 Å². The van der Waals surface area contributed by atoms with Crippen LogP contribution < -0.4 is 5.73 Å². The summed E-state index contributed by atoms with van der Waals surface area (Å²) in [5, 5.41) is 1.11. The van der Waals surface area contributed by atoms with Gasteiger partial charge in [-0.05, 0) is 84.5 Å². The highest BCUT2D eigenvalue weighted by Crippen LogP contribution is 2.40. The average Bonchev–Trinajstić information content (AvgIpc) is 3.27. The van der Waals surface area contributed by atoms with Crippen molar-refractivity contribution in [3.05, 3.63) is 59.2 Å². The number of aromatic nitrogens is 1. The van der Waals surface area contributed by atoms with E-state index in [1.807, 2.05) is 4.90 Å². The van der Waals surface area contributed by atoms with Crippen LogP contribution in [0.1, 0.15) is 54.3 Å². The summed E-state index contributed by atoms with van der Waals surface area (Å²) >= 11 is 0. The number of likely N-dealkylation sites (tertiary alicyclic amines) is 1. The first-order valence-corrected chi connectivity index (χ1v) is 11.2. The molecule has 1 amide bonds. The summed E-state index contributed by atoms with van der Waals surface area (Å²) < 4.78 is 5.53. The number of nitrogens with zero attached hydrogens (tertiary/aromatic N) is 2. The quantitative estimate of drug-likeness (QED) is 0.610. The number of hydrogen-bond acceptors (Lipinski definition) is 4. The first-order chi connectivity index (χ1) is 15.2. The monoisotopic (exact) mass is 415 g/mol. The number of nitrogen functional groups attached to an aromatic ring is 1. The van der Waals surface area contributed by atoms with Crippen molar-refractivity contribution in [1.82, 2.24) is 9.88 Å². The van der Waals surface area contributed by atoms with Crippen molar-refractivity contribution in [2.24, 2.45) is 0 Å². The third-order valence-electron chi connectivity index (χ3n) is 6.92. The summed E-state index contributed by atoms with van der Waals surface area (Å²) in [7, 11) is 0. The van der Waals surface area contributed by atoms with E-state index >= 15 is 0 Å². The molecule has 0 saturated carbocycles. The highest BCUT2D eigenvalue weighted by atomic mass is 16.5. The van der Waals surface area contributed by atoms with Crippen molar-refractivity contribution in [2.75, 3.05) is 25.5 Å². The number of ether oxygens (including phenoxy) is 1. The van der Waals surface area contributed by atoms with Crippen LogP contribution in [0.2, 0.25) is 0 Å². The van der Waals surface area contributed by atoms with E-state index in [2.05, 4.69) is 49.4 Å². The molecule has 5 heteroatoms. The maximum atomic E-state index is 11.6. The Morgan fingerprint density at radius 2 is 1.94 bits per heavy atom. The molecule has 160 valence electrons. The van der Waals surface area contributed by atoms with Gasteiger partial charge >= 0.3 is 0 Å². The summed E-state index contributed by atoms with van der Waals surface area (Å²) in [5.41, 5.74) is 13.3. The molecule has 2 saturated heterocycles. The number of anilines is 1. The first-order valence-electron chi connectivity index (χ1n) is 11.2. The zero-order chi connectivity index (χ0) is 21.4. The smallest absolute Gasteiger partial charge is 0.210 e. The van der Waals surface area contributed by atoms with Gasteiger partial charge in [0, 0.05) is 25.1 Å². The average molecular weight is 416 g/mol. The van der Waals surface area contributed by atoms with Crippen molar-refractivity contribution in [3.8, 4) is 11.1 Å². The number of rotatable bonds is 4. The Morgan fingerprint density at radius 1 is 1.10 bits per heavy atom. The van der Waals surface area contributed by atoms with E-state index in [4.69, 9.17) is 15.5 Å². The van der Waals surface area contributed by atoms with Crippen LogP contribution in [0.4, 0.5) is 5.82 Å². The summed E-state index contributed by atoms with van der Waals surface area (Å²) in [6.07, 6.45) is 5.03. The summed E-state index contributed by atoms with van der Waals surface area (Å²) in [4.78, 5) is 18.3. The predicted molar refractivity (Wildman–Crippen MR) is 124 cm³/mol. The van der Waals surface area contributed by atoms with Crippen LogP contribution in [0.25, 0.3) is 22.0 Å². The normalized spacial score (nSPS) is 19.8. The molecule has 1 atom stereocenters. The van der Waals surface area contributed by atoms with Gasteiger partial charge in [0.1, 0.15) is 5.82 Å². The molecule has 2 aliphatic heterocycles. The minimum Gasteiger partial charge on any atom is -0.383 e. The second-order valence-electron chi connectivity index (χ2n) is 8.80. The van der Waals surface area contributed by atoms with Crippen molar-refractivity contribution in [2.45, 2.75) is 44.6 Å². The van der Waals surface area contributed by atoms with Gasteiger partial charge in [0.2, 0.25) is 6.41 Å². The first kappa shape index (κ1) is 20.0. The Bertz CT molecular complexity index is 1120. The fourth-order valence-electron chi connectivity index (χ4n) is 5.31. The minimum absolute atomic E-state index is 0.144. The Hall–Kier alpha value is -2.92. The zero-order valence-corrected chi connectivity index (χ0v) is 18.0. The van der Waals surface area contributed by atoms with Gasteiger partial charge in [-0.3, -0.25) is 4.79 Å². The lowest BCUT2D eigenvalue weighted by Crippen LogP contribution is -2.21. The van der Waals surface area contributed by atoms with Crippen molar-refractivity contribution >= 4 is 23.1 Å². The van der Waals surface area contributed by atoms with Crippen LogP contribution in [-0.4, -0.2) is 36.1 Å². The van der Waals surface area contributed by atoms with E-state index in [0.29, 0.717) is 11.7 Å². The van der Waals surface area contributed by atoms with Gasteiger partial charge in [-0.15, -0.1) is 0 Å². The third-order valence-corrected chi connectivity index (χ3v) is 6.92. The van der Waals surface area contributed by atoms with E-state index in [-0.39, 0.29) is 6.04 Å². The van der Waals surface area contributed by atoms with Gasteiger partial charge in [0.25, 0.3) is 0 Å². The maximum Gasteiger partial charge on any atom is 0.210 e. The number of carbonyl (C=O) groups is 1.